The summed E-state index contributed by atoms with van der Waals surface area (Å²) in [4.78, 5) is 48.8. The van der Waals surface area contributed by atoms with E-state index in [9.17, 15) is 19.6 Å². The van der Waals surface area contributed by atoms with Crippen molar-refractivity contribution in [2.75, 3.05) is 29.2 Å². The average molecular weight is 603 g/mol. The molecule has 2 N–H and O–H groups in total. The van der Waals surface area contributed by atoms with Crippen LogP contribution in [-0.4, -0.2) is 41.5 Å². The highest BCUT2D eigenvalue weighted by Crippen LogP contribution is 2.35. The number of aryl methyl sites for hydroxylation is 1. The summed E-state index contributed by atoms with van der Waals surface area (Å²) >= 11 is 1.42. The number of aromatic nitrogens is 2. The lowest BCUT2D eigenvalue weighted by atomic mass is 9.97. The maximum absolute atomic E-state index is 13.4. The number of nitrogens with zero attached hydrogens (tertiary/aromatic N) is 4. The molecule has 0 saturated heterocycles. The van der Waals surface area contributed by atoms with E-state index in [4.69, 9.17) is 4.74 Å². The van der Waals surface area contributed by atoms with Gasteiger partial charge < -0.3 is 10.1 Å². The van der Waals surface area contributed by atoms with Crippen LogP contribution in [-0.2, 0) is 16.0 Å². The van der Waals surface area contributed by atoms with Crippen molar-refractivity contribution >= 4 is 56.0 Å². The number of benzene rings is 3. The van der Waals surface area contributed by atoms with E-state index in [0.717, 1.165) is 39.9 Å². The largest absolute Gasteiger partial charge is 0.464 e. The Morgan fingerprint density at radius 1 is 0.977 bits per heavy atom. The molecule has 3 aromatic carbocycles. The zero-order chi connectivity index (χ0) is 30.8. The number of fused-ring (bicyclic) bond motifs is 2. The van der Waals surface area contributed by atoms with E-state index < -0.39 is 5.97 Å². The van der Waals surface area contributed by atoms with Gasteiger partial charge in [-0.15, -0.1) is 0 Å². The molecule has 0 atom stereocenters. The first-order chi connectivity index (χ1) is 21.3. The molecule has 3 amide bonds. The standard InChI is InChI=1S/C33H26N6O4S/c1-19(40)35-26-13-11-21(16-23(26)18-34)24-12-14-25(36-30(24)31(41)43-2)22-10-9-20-6-5-15-39(28(20)17-22)33(42)38-32-37-27-7-3-4-8-29(27)44-32/h3-4,7-14,16-17H,5-6,15H2,1-2H3,(H,35,40)(H,37,38,42). The Balaban J connectivity index is 1.34. The number of ether oxygens (including phenoxy) is 1. The number of para-hydroxylation sites is 1. The minimum atomic E-state index is -0.638. The predicted octanol–water partition coefficient (Wildman–Crippen LogP) is 6.63. The van der Waals surface area contributed by atoms with Crippen LogP contribution in [0.4, 0.5) is 21.3 Å². The quantitative estimate of drug-likeness (QED) is 0.216. The fourth-order valence-corrected chi connectivity index (χ4v) is 6.09. The summed E-state index contributed by atoms with van der Waals surface area (Å²) in [5, 5.41) is 15.8. The van der Waals surface area contributed by atoms with Crippen LogP contribution < -0.4 is 15.5 Å². The van der Waals surface area contributed by atoms with Gasteiger partial charge in [0.05, 0.1) is 34.3 Å². The number of hydrogen-bond acceptors (Lipinski definition) is 8. The number of thiazole rings is 1. The van der Waals surface area contributed by atoms with Crippen LogP contribution in [0, 0.1) is 11.3 Å². The van der Waals surface area contributed by atoms with E-state index in [0.29, 0.717) is 34.2 Å². The summed E-state index contributed by atoms with van der Waals surface area (Å²) in [7, 11) is 1.28. The summed E-state index contributed by atoms with van der Waals surface area (Å²) in [6.45, 7) is 1.91. The lowest BCUT2D eigenvalue weighted by Gasteiger charge is -2.29. The molecule has 218 valence electrons. The number of carbonyl (C=O) groups is 3. The van der Waals surface area contributed by atoms with Crippen molar-refractivity contribution in [3.8, 4) is 28.5 Å². The third-order valence-corrected chi connectivity index (χ3v) is 8.24. The van der Waals surface area contributed by atoms with E-state index in [2.05, 4.69) is 26.7 Å². The molecule has 5 aromatic rings. The lowest BCUT2D eigenvalue weighted by Crippen LogP contribution is -2.38. The van der Waals surface area contributed by atoms with Crippen molar-refractivity contribution < 1.29 is 19.1 Å². The molecule has 1 aliphatic rings. The maximum atomic E-state index is 13.4. The fraction of sp³-hybridized carbons (Fsp3) is 0.152. The van der Waals surface area contributed by atoms with Crippen molar-refractivity contribution in [2.24, 2.45) is 0 Å². The van der Waals surface area contributed by atoms with Crippen LogP contribution in [0.3, 0.4) is 0 Å². The van der Waals surface area contributed by atoms with E-state index >= 15 is 0 Å². The van der Waals surface area contributed by atoms with Gasteiger partial charge in [0.1, 0.15) is 6.07 Å². The molecule has 3 heterocycles. The first-order valence-electron chi connectivity index (χ1n) is 13.8. The molecule has 2 aromatic heterocycles. The van der Waals surface area contributed by atoms with Crippen molar-refractivity contribution in [1.82, 2.24) is 9.97 Å². The molecule has 0 spiro atoms. The molecule has 0 fully saturated rings. The average Bonchev–Trinajstić information content (AvgIpc) is 3.45. The van der Waals surface area contributed by atoms with Gasteiger partial charge in [-0.05, 0) is 66.4 Å². The van der Waals surface area contributed by atoms with Crippen molar-refractivity contribution in [3.05, 3.63) is 89.6 Å². The molecule has 10 nitrogen and oxygen atoms in total. The zero-order valence-electron chi connectivity index (χ0n) is 23.9. The van der Waals surface area contributed by atoms with Crippen LogP contribution in [0.1, 0.15) is 35.0 Å². The number of anilines is 3. The van der Waals surface area contributed by atoms with Gasteiger partial charge in [0.15, 0.2) is 10.8 Å². The Kier molecular flexibility index (Phi) is 7.74. The smallest absolute Gasteiger partial charge is 0.357 e. The number of rotatable bonds is 5. The second-order valence-corrected chi connectivity index (χ2v) is 11.2. The number of nitrogens with one attached hydrogen (secondary N) is 2. The Bertz CT molecular complexity index is 1960. The molecule has 0 bridgehead atoms. The highest BCUT2D eigenvalue weighted by atomic mass is 32.1. The summed E-state index contributed by atoms with van der Waals surface area (Å²) in [6, 6.07) is 23.8. The zero-order valence-corrected chi connectivity index (χ0v) is 24.7. The van der Waals surface area contributed by atoms with Crippen LogP contribution in [0.5, 0.6) is 0 Å². The lowest BCUT2D eigenvalue weighted by molar-refractivity contribution is -0.114. The number of urea groups is 1. The third kappa shape index (κ3) is 5.58. The third-order valence-electron chi connectivity index (χ3n) is 7.29. The molecule has 44 heavy (non-hydrogen) atoms. The number of amides is 3. The van der Waals surface area contributed by atoms with Crippen LogP contribution in [0.15, 0.2) is 72.8 Å². The van der Waals surface area contributed by atoms with Gasteiger partial charge in [-0.3, -0.25) is 15.0 Å². The van der Waals surface area contributed by atoms with E-state index in [1.54, 1.807) is 35.2 Å². The number of pyridine rings is 1. The Hall–Kier alpha value is -5.60. The van der Waals surface area contributed by atoms with E-state index in [1.807, 2.05) is 42.5 Å². The Morgan fingerprint density at radius 3 is 2.57 bits per heavy atom. The topological polar surface area (TPSA) is 137 Å². The summed E-state index contributed by atoms with van der Waals surface area (Å²) in [5.41, 5.74) is 5.61. The minimum absolute atomic E-state index is 0.0734. The molecule has 1 aliphatic heterocycles. The first-order valence-corrected chi connectivity index (χ1v) is 14.6. The van der Waals surface area contributed by atoms with Gasteiger partial charge in [0.2, 0.25) is 5.91 Å². The Morgan fingerprint density at radius 2 is 1.80 bits per heavy atom. The number of hydrogen-bond donors (Lipinski definition) is 2. The number of methoxy groups -OCH3 is 1. The fourth-order valence-electron chi connectivity index (χ4n) is 5.24. The monoisotopic (exact) mass is 602 g/mol. The van der Waals surface area contributed by atoms with Crippen LogP contribution in [0.2, 0.25) is 0 Å². The van der Waals surface area contributed by atoms with Gasteiger partial charge >= 0.3 is 12.0 Å². The number of esters is 1. The molecular weight excluding hydrogens is 576 g/mol. The van der Waals surface area contributed by atoms with Gasteiger partial charge in [-0.2, -0.15) is 5.26 Å². The highest BCUT2D eigenvalue weighted by molar-refractivity contribution is 7.22. The molecule has 0 radical (unpaired) electrons. The van der Waals surface area contributed by atoms with Gasteiger partial charge in [-0.1, -0.05) is 41.7 Å². The molecule has 6 rings (SSSR count). The Labute approximate surface area is 256 Å². The van der Waals surface area contributed by atoms with E-state index in [1.165, 1.54) is 25.4 Å². The second kappa shape index (κ2) is 11.9. The first kappa shape index (κ1) is 28.5. The minimum Gasteiger partial charge on any atom is -0.464 e. The van der Waals surface area contributed by atoms with Gasteiger partial charge in [0, 0.05) is 30.3 Å². The normalized spacial score (nSPS) is 12.2. The van der Waals surface area contributed by atoms with Gasteiger partial charge in [-0.25, -0.2) is 19.6 Å². The second-order valence-electron chi connectivity index (χ2n) is 10.2. The summed E-state index contributed by atoms with van der Waals surface area (Å²) in [5.74, 6) is -0.936. The summed E-state index contributed by atoms with van der Waals surface area (Å²) in [6.07, 6.45) is 1.65. The molecule has 11 heteroatoms. The van der Waals surface area contributed by atoms with Gasteiger partial charge in [0.25, 0.3) is 0 Å². The van der Waals surface area contributed by atoms with Crippen molar-refractivity contribution in [2.45, 2.75) is 19.8 Å². The molecule has 0 aliphatic carbocycles. The molecule has 0 unspecified atom stereocenters. The van der Waals surface area contributed by atoms with Crippen molar-refractivity contribution in [3.63, 3.8) is 0 Å². The maximum Gasteiger partial charge on any atom is 0.357 e. The summed E-state index contributed by atoms with van der Waals surface area (Å²) < 4.78 is 6.04. The van der Waals surface area contributed by atoms with E-state index in [-0.39, 0.29) is 23.2 Å². The molecular formula is C33H26N6O4S. The van der Waals surface area contributed by atoms with Crippen LogP contribution >= 0.6 is 11.3 Å². The SMILES string of the molecule is COC(=O)c1nc(-c2ccc3c(c2)N(C(=O)Nc2nc4ccccc4s2)CCC3)ccc1-c1ccc(NC(C)=O)c(C#N)c1. The molecule has 0 saturated carbocycles. The number of carbonyl (C=O) groups excluding carboxylic acids is 3. The van der Waals surface area contributed by atoms with Crippen molar-refractivity contribution in [1.29, 1.82) is 5.26 Å². The van der Waals surface area contributed by atoms with Crippen LogP contribution in [0.25, 0.3) is 32.6 Å². The predicted molar refractivity (Wildman–Crippen MR) is 170 cm³/mol. The highest BCUT2D eigenvalue weighted by Gasteiger charge is 2.25. The number of nitriles is 1.